The molecule has 0 atom stereocenters. The average molecular weight is 292 g/mol. The van der Waals surface area contributed by atoms with Gasteiger partial charge >= 0.3 is 0 Å². The molecule has 0 fully saturated rings. The second-order valence-corrected chi connectivity index (χ2v) is 5.75. The second kappa shape index (κ2) is 6.65. The summed E-state index contributed by atoms with van der Waals surface area (Å²) in [6, 6.07) is 1.82. The van der Waals surface area contributed by atoms with Crippen molar-refractivity contribution in [2.75, 3.05) is 19.0 Å². The third-order valence-electron chi connectivity index (χ3n) is 2.92. The van der Waals surface area contributed by atoms with Crippen molar-refractivity contribution in [2.45, 2.75) is 33.1 Å². The molecular formula is C14H20N4OS. The van der Waals surface area contributed by atoms with E-state index in [0.717, 1.165) is 23.8 Å². The number of nitrogens with zero attached hydrogens (tertiary/aromatic N) is 3. The Morgan fingerprint density at radius 1 is 1.35 bits per heavy atom. The maximum atomic E-state index is 5.76. The summed E-state index contributed by atoms with van der Waals surface area (Å²) in [6.45, 7) is 6.76. The molecule has 6 heteroatoms. The fraction of sp³-hybridized carbons (Fsp3) is 0.500. The quantitative estimate of drug-likeness (QED) is 0.886. The van der Waals surface area contributed by atoms with Crippen molar-refractivity contribution in [1.29, 1.82) is 0 Å². The molecule has 0 unspecified atom stereocenters. The highest BCUT2D eigenvalue weighted by atomic mass is 32.1. The average Bonchev–Trinajstić information content (AvgIpc) is 2.84. The molecule has 0 amide bonds. The fourth-order valence-electron chi connectivity index (χ4n) is 1.72. The van der Waals surface area contributed by atoms with Gasteiger partial charge in [0.05, 0.1) is 17.8 Å². The lowest BCUT2D eigenvalue weighted by Crippen LogP contribution is -2.07. The van der Waals surface area contributed by atoms with Gasteiger partial charge in [-0.1, -0.05) is 13.8 Å². The molecule has 2 heterocycles. The van der Waals surface area contributed by atoms with Crippen molar-refractivity contribution in [3.63, 3.8) is 0 Å². The zero-order chi connectivity index (χ0) is 14.5. The van der Waals surface area contributed by atoms with E-state index in [4.69, 9.17) is 4.74 Å². The Balaban J connectivity index is 2.01. The zero-order valence-corrected chi connectivity index (χ0v) is 13.1. The summed E-state index contributed by atoms with van der Waals surface area (Å²) in [5.41, 5.74) is 2.95. The number of nitrogens with one attached hydrogen (secondary N) is 1. The number of anilines is 1. The maximum absolute atomic E-state index is 5.76. The van der Waals surface area contributed by atoms with E-state index in [1.54, 1.807) is 11.3 Å². The second-order valence-electron chi connectivity index (χ2n) is 4.81. The highest BCUT2D eigenvalue weighted by Crippen LogP contribution is 2.19. The van der Waals surface area contributed by atoms with Crippen molar-refractivity contribution in [3.05, 3.63) is 28.0 Å². The first-order valence-electron chi connectivity index (χ1n) is 6.68. The molecule has 0 aliphatic rings. The predicted molar refractivity (Wildman–Crippen MR) is 81.7 cm³/mol. The van der Waals surface area contributed by atoms with Gasteiger partial charge in [-0.15, -0.1) is 11.3 Å². The maximum Gasteiger partial charge on any atom is 0.218 e. The Bertz CT molecular complexity index is 568. The standard InChI is InChI=1S/C14H20N4OS/c1-9(2)14-17-12(15-4)7-13(18-14)19-6-5-11-10(3)16-8-20-11/h7-9H,5-6H2,1-4H3,(H,15,17,18). The summed E-state index contributed by atoms with van der Waals surface area (Å²) in [4.78, 5) is 14.3. The number of thiazole rings is 1. The molecule has 2 aromatic rings. The summed E-state index contributed by atoms with van der Waals surface area (Å²) in [6.07, 6.45) is 0.854. The van der Waals surface area contributed by atoms with Crippen LogP contribution in [0.2, 0.25) is 0 Å². The van der Waals surface area contributed by atoms with Crippen LogP contribution in [0.3, 0.4) is 0 Å². The minimum atomic E-state index is 0.273. The van der Waals surface area contributed by atoms with Crippen molar-refractivity contribution in [3.8, 4) is 5.88 Å². The van der Waals surface area contributed by atoms with E-state index in [1.165, 1.54) is 4.88 Å². The molecule has 0 saturated carbocycles. The van der Waals surface area contributed by atoms with E-state index >= 15 is 0 Å². The highest BCUT2D eigenvalue weighted by molar-refractivity contribution is 7.09. The summed E-state index contributed by atoms with van der Waals surface area (Å²) in [5.74, 6) is 2.47. The number of ether oxygens (including phenoxy) is 1. The molecule has 0 aliphatic heterocycles. The molecule has 20 heavy (non-hydrogen) atoms. The lowest BCUT2D eigenvalue weighted by molar-refractivity contribution is 0.308. The fourth-order valence-corrected chi connectivity index (χ4v) is 2.48. The van der Waals surface area contributed by atoms with Gasteiger partial charge in [0.25, 0.3) is 0 Å². The van der Waals surface area contributed by atoms with Crippen LogP contribution < -0.4 is 10.1 Å². The van der Waals surface area contributed by atoms with Crippen LogP contribution >= 0.6 is 11.3 Å². The number of aryl methyl sites for hydroxylation is 1. The molecule has 108 valence electrons. The van der Waals surface area contributed by atoms with Crippen LogP contribution in [0.15, 0.2) is 11.6 Å². The van der Waals surface area contributed by atoms with E-state index in [2.05, 4.69) is 34.1 Å². The first-order valence-corrected chi connectivity index (χ1v) is 7.56. The van der Waals surface area contributed by atoms with Gasteiger partial charge in [-0.25, -0.2) is 9.97 Å². The molecule has 0 aromatic carbocycles. The number of hydrogen-bond acceptors (Lipinski definition) is 6. The Morgan fingerprint density at radius 2 is 2.15 bits per heavy atom. The summed E-state index contributed by atoms with van der Waals surface area (Å²) in [7, 11) is 1.84. The van der Waals surface area contributed by atoms with E-state index in [1.807, 2.05) is 25.5 Å². The highest BCUT2D eigenvalue weighted by Gasteiger charge is 2.09. The van der Waals surface area contributed by atoms with Crippen molar-refractivity contribution < 1.29 is 4.74 Å². The Kier molecular flexibility index (Phi) is 4.89. The monoisotopic (exact) mass is 292 g/mol. The van der Waals surface area contributed by atoms with Crippen LogP contribution in [-0.2, 0) is 6.42 Å². The first-order chi connectivity index (χ1) is 9.60. The zero-order valence-electron chi connectivity index (χ0n) is 12.3. The van der Waals surface area contributed by atoms with Gasteiger partial charge < -0.3 is 10.1 Å². The van der Waals surface area contributed by atoms with E-state index in [-0.39, 0.29) is 5.92 Å². The van der Waals surface area contributed by atoms with Crippen LogP contribution in [-0.4, -0.2) is 28.6 Å². The smallest absolute Gasteiger partial charge is 0.218 e. The molecule has 0 bridgehead atoms. The largest absolute Gasteiger partial charge is 0.477 e. The first kappa shape index (κ1) is 14.7. The van der Waals surface area contributed by atoms with Gasteiger partial charge in [-0.05, 0) is 6.92 Å². The van der Waals surface area contributed by atoms with Crippen molar-refractivity contribution in [1.82, 2.24) is 15.0 Å². The molecule has 0 radical (unpaired) electrons. The van der Waals surface area contributed by atoms with Crippen LogP contribution in [0.4, 0.5) is 5.82 Å². The SMILES string of the molecule is CNc1cc(OCCc2scnc2C)nc(C(C)C)n1. The summed E-state index contributed by atoms with van der Waals surface area (Å²) >= 11 is 1.66. The lowest BCUT2D eigenvalue weighted by Gasteiger charge is -2.10. The van der Waals surface area contributed by atoms with Gasteiger partial charge in [-0.2, -0.15) is 4.98 Å². The number of hydrogen-bond donors (Lipinski definition) is 1. The number of aromatic nitrogens is 3. The molecule has 2 aromatic heterocycles. The minimum Gasteiger partial charge on any atom is -0.477 e. The number of rotatable bonds is 6. The van der Waals surface area contributed by atoms with Crippen LogP contribution in [0.5, 0.6) is 5.88 Å². The van der Waals surface area contributed by atoms with Gasteiger partial charge in [0.1, 0.15) is 11.6 Å². The van der Waals surface area contributed by atoms with Crippen molar-refractivity contribution in [2.24, 2.45) is 0 Å². The normalized spacial score (nSPS) is 10.8. The molecule has 0 spiro atoms. The van der Waals surface area contributed by atoms with Crippen LogP contribution in [0.1, 0.15) is 36.2 Å². The lowest BCUT2D eigenvalue weighted by atomic mass is 10.2. The Morgan fingerprint density at radius 3 is 2.75 bits per heavy atom. The third kappa shape index (κ3) is 3.66. The minimum absolute atomic E-state index is 0.273. The Hall–Kier alpha value is -1.69. The van der Waals surface area contributed by atoms with Gasteiger partial charge in [0.2, 0.25) is 5.88 Å². The molecule has 0 aliphatic carbocycles. The van der Waals surface area contributed by atoms with E-state index < -0.39 is 0 Å². The van der Waals surface area contributed by atoms with Gasteiger partial charge in [0.15, 0.2) is 0 Å². The van der Waals surface area contributed by atoms with Gasteiger partial charge in [0, 0.05) is 30.3 Å². The molecule has 2 rings (SSSR count). The van der Waals surface area contributed by atoms with Crippen LogP contribution in [0.25, 0.3) is 0 Å². The summed E-state index contributed by atoms with van der Waals surface area (Å²) < 4.78 is 5.76. The summed E-state index contributed by atoms with van der Waals surface area (Å²) in [5, 5.41) is 3.04. The molecule has 1 N–H and O–H groups in total. The van der Waals surface area contributed by atoms with E-state index in [9.17, 15) is 0 Å². The van der Waals surface area contributed by atoms with Gasteiger partial charge in [-0.3, -0.25) is 0 Å². The van der Waals surface area contributed by atoms with Crippen LogP contribution in [0, 0.1) is 6.92 Å². The molecular weight excluding hydrogens is 272 g/mol. The molecule has 5 nitrogen and oxygen atoms in total. The Labute approximate surface area is 123 Å². The van der Waals surface area contributed by atoms with Crippen molar-refractivity contribution >= 4 is 17.2 Å². The topological polar surface area (TPSA) is 59.9 Å². The predicted octanol–water partition coefficient (Wildman–Crippen LogP) is 3.03. The van der Waals surface area contributed by atoms with E-state index in [0.29, 0.717) is 12.5 Å². The molecule has 0 saturated heterocycles. The third-order valence-corrected chi connectivity index (χ3v) is 3.91.